The first-order valence-electron chi connectivity index (χ1n) is 13.6. The van der Waals surface area contributed by atoms with Crippen molar-refractivity contribution in [2.24, 2.45) is 5.73 Å². The van der Waals surface area contributed by atoms with E-state index >= 15 is 0 Å². The first kappa shape index (κ1) is 34.2. The van der Waals surface area contributed by atoms with Gasteiger partial charge < -0.3 is 24.7 Å². The van der Waals surface area contributed by atoms with Gasteiger partial charge in [0.15, 0.2) is 0 Å². The van der Waals surface area contributed by atoms with Gasteiger partial charge in [-0.25, -0.2) is 8.42 Å². The van der Waals surface area contributed by atoms with Crippen LogP contribution in [0.4, 0.5) is 13.2 Å². The standard InChI is InChI=1S/C24H36N6O5S.C2H2F3NO/c1-17-14-20(34-5)15-18(2)22(17)36(32,33)28(4)16-21-25-26-23(35-21)24(31)30-12-10-29(11-13-30)19-6-8-27(3)9-7-19;3-2(4,5)1(6)7/h14-15,19H,6-13,16H2,1-5H3;(H2,6,7). The molecule has 0 atom stereocenters. The molecule has 0 unspecified atom stereocenters. The quantitative estimate of drug-likeness (QED) is 0.473. The number of rotatable bonds is 7. The van der Waals surface area contributed by atoms with Crippen LogP contribution < -0.4 is 10.5 Å². The second-order valence-corrected chi connectivity index (χ2v) is 12.6. The van der Waals surface area contributed by atoms with Crippen molar-refractivity contribution in [3.8, 4) is 5.75 Å². The predicted octanol–water partition coefficient (Wildman–Crippen LogP) is 1.40. The second-order valence-electron chi connectivity index (χ2n) is 10.6. The number of amides is 2. The molecule has 0 bridgehead atoms. The molecular weight excluding hydrogens is 595 g/mol. The van der Waals surface area contributed by atoms with Crippen LogP contribution in [-0.2, 0) is 21.4 Å². The summed E-state index contributed by atoms with van der Waals surface area (Å²) in [7, 11) is 1.31. The molecule has 0 aliphatic carbocycles. The maximum atomic E-state index is 13.3. The summed E-state index contributed by atoms with van der Waals surface area (Å²) in [6, 6.07) is 3.94. The van der Waals surface area contributed by atoms with Gasteiger partial charge in [-0.05, 0) is 70.1 Å². The molecule has 0 spiro atoms. The number of piperidine rings is 1. The highest BCUT2D eigenvalue weighted by molar-refractivity contribution is 7.89. The number of likely N-dealkylation sites (tertiary alicyclic amines) is 1. The number of benzene rings is 1. The molecule has 4 rings (SSSR count). The number of nitrogens with two attached hydrogens (primary N) is 1. The number of carbonyl (C=O) groups excluding carboxylic acids is 2. The Morgan fingerprint density at radius 2 is 1.60 bits per heavy atom. The fraction of sp³-hybridized carbons (Fsp3) is 0.615. The summed E-state index contributed by atoms with van der Waals surface area (Å²) in [5.41, 5.74) is 4.97. The number of methoxy groups -OCH3 is 1. The molecule has 0 radical (unpaired) electrons. The highest BCUT2D eigenvalue weighted by atomic mass is 32.2. The van der Waals surface area contributed by atoms with Crippen molar-refractivity contribution in [3.05, 3.63) is 35.0 Å². The third kappa shape index (κ3) is 8.64. The third-order valence-corrected chi connectivity index (χ3v) is 9.54. The Hall–Kier alpha value is -3.28. The lowest BCUT2D eigenvalue weighted by Gasteiger charge is -2.41. The van der Waals surface area contributed by atoms with Crippen molar-refractivity contribution in [1.82, 2.24) is 29.2 Å². The van der Waals surface area contributed by atoms with E-state index in [0.717, 1.165) is 43.3 Å². The maximum Gasteiger partial charge on any atom is 0.470 e. The molecule has 1 aromatic heterocycles. The number of alkyl halides is 3. The van der Waals surface area contributed by atoms with Gasteiger partial charge in [0, 0.05) is 39.3 Å². The van der Waals surface area contributed by atoms with Crippen molar-refractivity contribution >= 4 is 21.8 Å². The van der Waals surface area contributed by atoms with Crippen LogP contribution in [-0.4, -0.2) is 122 Å². The molecule has 2 saturated heterocycles. The van der Waals surface area contributed by atoms with Crippen LogP contribution in [0.15, 0.2) is 21.4 Å². The predicted molar refractivity (Wildman–Crippen MR) is 149 cm³/mol. The van der Waals surface area contributed by atoms with E-state index in [9.17, 15) is 26.4 Å². The van der Waals surface area contributed by atoms with Crippen LogP contribution >= 0.6 is 0 Å². The number of piperazine rings is 1. The third-order valence-electron chi connectivity index (χ3n) is 7.43. The van der Waals surface area contributed by atoms with E-state index < -0.39 is 22.1 Å². The molecular formula is C26H38F3N7O6S. The summed E-state index contributed by atoms with van der Waals surface area (Å²) in [6.45, 7) is 8.38. The van der Waals surface area contributed by atoms with Gasteiger partial charge in [0.1, 0.15) is 5.75 Å². The Balaban J connectivity index is 0.000000646. The number of nitrogens with zero attached hydrogens (tertiary/aromatic N) is 6. The Morgan fingerprint density at radius 3 is 2.09 bits per heavy atom. The molecule has 0 saturated carbocycles. The Bertz CT molecular complexity index is 1360. The number of primary amides is 1. The molecule has 2 aliphatic rings. The van der Waals surface area contributed by atoms with Crippen LogP contribution in [0.5, 0.6) is 5.75 Å². The average Bonchev–Trinajstić information content (AvgIpc) is 3.41. The first-order chi connectivity index (χ1) is 20.0. The molecule has 2 fully saturated rings. The highest BCUT2D eigenvalue weighted by Gasteiger charge is 2.35. The number of sulfonamides is 1. The molecule has 2 amide bonds. The molecule has 43 heavy (non-hydrogen) atoms. The SMILES string of the molecule is COc1cc(C)c(S(=O)(=O)N(C)Cc2nnc(C(=O)N3CCN(C4CCN(C)CC4)CC3)o2)c(C)c1.NC(=O)C(F)(F)F. The largest absolute Gasteiger partial charge is 0.497 e. The molecule has 1 aromatic carbocycles. The van der Waals surface area contributed by atoms with E-state index in [1.54, 1.807) is 38.0 Å². The van der Waals surface area contributed by atoms with Gasteiger partial charge in [0.2, 0.25) is 15.9 Å². The van der Waals surface area contributed by atoms with Crippen LogP contribution in [0.3, 0.4) is 0 Å². The number of aryl methyl sites for hydroxylation is 2. The summed E-state index contributed by atoms with van der Waals surface area (Å²) in [6.07, 6.45) is -2.55. The van der Waals surface area contributed by atoms with Crippen molar-refractivity contribution < 1.29 is 40.3 Å². The fourth-order valence-electron chi connectivity index (χ4n) is 5.06. The van der Waals surface area contributed by atoms with Crippen molar-refractivity contribution in [2.75, 3.05) is 60.5 Å². The topological polar surface area (TPSA) is 155 Å². The Kier molecular flexibility index (Phi) is 11.1. The van der Waals surface area contributed by atoms with E-state index in [0.29, 0.717) is 36.0 Å². The van der Waals surface area contributed by atoms with Crippen molar-refractivity contribution in [1.29, 1.82) is 0 Å². The van der Waals surface area contributed by atoms with Crippen molar-refractivity contribution in [2.45, 2.75) is 50.3 Å². The van der Waals surface area contributed by atoms with Gasteiger partial charge in [-0.15, -0.1) is 10.2 Å². The van der Waals surface area contributed by atoms with Gasteiger partial charge in [0.25, 0.3) is 0 Å². The van der Waals surface area contributed by atoms with E-state index in [1.807, 2.05) is 0 Å². The van der Waals surface area contributed by atoms with E-state index in [-0.39, 0.29) is 29.1 Å². The Labute approximate surface area is 248 Å². The monoisotopic (exact) mass is 633 g/mol. The smallest absolute Gasteiger partial charge is 0.470 e. The summed E-state index contributed by atoms with van der Waals surface area (Å²) >= 11 is 0. The lowest BCUT2D eigenvalue weighted by atomic mass is 10.0. The minimum absolute atomic E-state index is 0.0678. The number of aromatic nitrogens is 2. The van der Waals surface area contributed by atoms with Crippen LogP contribution in [0, 0.1) is 13.8 Å². The van der Waals surface area contributed by atoms with Gasteiger partial charge in [-0.2, -0.15) is 17.5 Å². The summed E-state index contributed by atoms with van der Waals surface area (Å²) in [5, 5.41) is 7.85. The number of carbonyl (C=O) groups is 2. The second kappa shape index (κ2) is 14.0. The lowest BCUT2D eigenvalue weighted by molar-refractivity contribution is -0.169. The van der Waals surface area contributed by atoms with Crippen LogP contribution in [0.25, 0.3) is 0 Å². The summed E-state index contributed by atoms with van der Waals surface area (Å²) < 4.78 is 70.6. The molecule has 3 heterocycles. The molecule has 13 nitrogen and oxygen atoms in total. The zero-order valence-corrected chi connectivity index (χ0v) is 25.7. The van der Waals surface area contributed by atoms with Gasteiger partial charge in [0.05, 0.1) is 18.6 Å². The molecule has 240 valence electrons. The molecule has 2 N–H and O–H groups in total. The van der Waals surface area contributed by atoms with E-state index in [1.165, 1.54) is 7.05 Å². The summed E-state index contributed by atoms with van der Waals surface area (Å²) in [4.78, 5) is 28.8. The highest BCUT2D eigenvalue weighted by Crippen LogP contribution is 2.28. The van der Waals surface area contributed by atoms with E-state index in [4.69, 9.17) is 13.9 Å². The van der Waals surface area contributed by atoms with Gasteiger partial charge in [-0.3, -0.25) is 14.5 Å². The Morgan fingerprint density at radius 1 is 1.07 bits per heavy atom. The minimum Gasteiger partial charge on any atom is -0.497 e. The maximum absolute atomic E-state index is 13.3. The minimum atomic E-state index is -4.86. The van der Waals surface area contributed by atoms with Crippen LogP contribution in [0.2, 0.25) is 0 Å². The van der Waals surface area contributed by atoms with E-state index in [2.05, 4.69) is 32.8 Å². The number of ether oxygens (including phenoxy) is 1. The van der Waals surface area contributed by atoms with Gasteiger partial charge in [-0.1, -0.05) is 0 Å². The normalized spacial score (nSPS) is 17.5. The zero-order valence-electron chi connectivity index (χ0n) is 24.8. The van der Waals surface area contributed by atoms with Gasteiger partial charge >= 0.3 is 23.9 Å². The molecule has 2 aliphatic heterocycles. The number of halogens is 3. The summed E-state index contributed by atoms with van der Waals surface area (Å²) in [5.74, 6) is -2.02. The molecule has 17 heteroatoms. The first-order valence-corrected chi connectivity index (χ1v) is 15.0. The lowest BCUT2D eigenvalue weighted by Crippen LogP contribution is -2.54. The number of hydrogen-bond donors (Lipinski definition) is 1. The average molecular weight is 634 g/mol. The number of hydrogen-bond acceptors (Lipinski definition) is 10. The zero-order chi connectivity index (χ0) is 32.1. The molecule has 2 aromatic rings. The van der Waals surface area contributed by atoms with Crippen molar-refractivity contribution in [3.63, 3.8) is 0 Å². The van der Waals surface area contributed by atoms with Crippen LogP contribution in [0.1, 0.15) is 40.5 Å². The fourth-order valence-corrected chi connectivity index (χ4v) is 6.58.